The molecular formula is C17H38. The van der Waals surface area contributed by atoms with Crippen molar-refractivity contribution in [2.75, 3.05) is 0 Å². The third-order valence-electron chi connectivity index (χ3n) is 3.11. The van der Waals surface area contributed by atoms with Gasteiger partial charge in [-0.1, -0.05) is 93.4 Å². The van der Waals surface area contributed by atoms with Gasteiger partial charge in [-0.2, -0.15) is 0 Å². The van der Waals surface area contributed by atoms with E-state index in [1.54, 1.807) is 0 Å². The number of hydrogen-bond donors (Lipinski definition) is 0. The minimum Gasteiger partial charge on any atom is -0.0654 e. The SMILES string of the molecule is CCC(C)CC(C)(C)C.CCCCCCCC. The van der Waals surface area contributed by atoms with Gasteiger partial charge >= 0.3 is 0 Å². The van der Waals surface area contributed by atoms with Crippen molar-refractivity contribution < 1.29 is 0 Å². The van der Waals surface area contributed by atoms with E-state index in [1.807, 2.05) is 0 Å². The van der Waals surface area contributed by atoms with Crippen molar-refractivity contribution in [2.24, 2.45) is 11.3 Å². The highest BCUT2D eigenvalue weighted by molar-refractivity contribution is 4.64. The molecule has 0 saturated carbocycles. The summed E-state index contributed by atoms with van der Waals surface area (Å²) in [6.45, 7) is 16.0. The van der Waals surface area contributed by atoms with Crippen molar-refractivity contribution in [3.8, 4) is 0 Å². The Kier molecular flexibility index (Phi) is 14.2. The fraction of sp³-hybridized carbons (Fsp3) is 1.00. The lowest BCUT2D eigenvalue weighted by molar-refractivity contribution is 0.302. The zero-order chi connectivity index (χ0) is 13.7. The molecule has 0 aromatic rings. The third kappa shape index (κ3) is 21.8. The maximum Gasteiger partial charge on any atom is -0.0380 e. The Balaban J connectivity index is 0. The molecule has 0 amide bonds. The molecule has 0 N–H and O–H groups in total. The first-order valence-electron chi connectivity index (χ1n) is 7.87. The molecule has 0 fully saturated rings. The van der Waals surface area contributed by atoms with Gasteiger partial charge in [0.15, 0.2) is 0 Å². The summed E-state index contributed by atoms with van der Waals surface area (Å²) in [6.07, 6.45) is 11.2. The maximum atomic E-state index is 2.32. The predicted molar refractivity (Wildman–Crippen MR) is 82.6 cm³/mol. The van der Waals surface area contributed by atoms with E-state index in [-0.39, 0.29) is 0 Å². The molecule has 0 saturated heterocycles. The van der Waals surface area contributed by atoms with Crippen LogP contribution in [-0.2, 0) is 0 Å². The van der Waals surface area contributed by atoms with Crippen LogP contribution in [0, 0.1) is 11.3 Å². The van der Waals surface area contributed by atoms with Crippen LogP contribution in [0.25, 0.3) is 0 Å². The second-order valence-electron chi connectivity index (χ2n) is 6.69. The van der Waals surface area contributed by atoms with Gasteiger partial charge in [0.1, 0.15) is 0 Å². The Labute approximate surface area is 112 Å². The van der Waals surface area contributed by atoms with Crippen LogP contribution < -0.4 is 0 Å². The molecule has 0 rings (SSSR count). The molecule has 0 aromatic carbocycles. The number of rotatable bonds is 7. The van der Waals surface area contributed by atoms with E-state index in [9.17, 15) is 0 Å². The fourth-order valence-electron chi connectivity index (χ4n) is 2.04. The smallest absolute Gasteiger partial charge is 0.0380 e. The topological polar surface area (TPSA) is 0 Å². The average Bonchev–Trinajstić information content (AvgIpc) is 2.23. The van der Waals surface area contributed by atoms with E-state index in [0.29, 0.717) is 5.41 Å². The number of hydrogen-bond acceptors (Lipinski definition) is 0. The summed E-state index contributed by atoms with van der Waals surface area (Å²) >= 11 is 0. The molecule has 0 nitrogen and oxygen atoms in total. The lowest BCUT2D eigenvalue weighted by Gasteiger charge is -2.21. The third-order valence-corrected chi connectivity index (χ3v) is 3.11. The van der Waals surface area contributed by atoms with Gasteiger partial charge in [-0.15, -0.1) is 0 Å². The molecule has 0 radical (unpaired) electrons. The minimum absolute atomic E-state index is 0.523. The predicted octanol–water partition coefficient (Wildman–Crippen LogP) is 6.84. The van der Waals surface area contributed by atoms with Gasteiger partial charge in [0.2, 0.25) is 0 Å². The first kappa shape index (κ1) is 19.3. The van der Waals surface area contributed by atoms with E-state index in [1.165, 1.54) is 51.4 Å². The van der Waals surface area contributed by atoms with Crippen molar-refractivity contribution in [3.05, 3.63) is 0 Å². The molecule has 1 atom stereocenters. The first-order chi connectivity index (χ1) is 7.87. The number of unbranched alkanes of at least 4 members (excludes halogenated alkanes) is 5. The van der Waals surface area contributed by atoms with Crippen LogP contribution in [0.3, 0.4) is 0 Å². The largest absolute Gasteiger partial charge is 0.0654 e. The van der Waals surface area contributed by atoms with Crippen molar-refractivity contribution >= 4 is 0 Å². The van der Waals surface area contributed by atoms with Crippen LogP contribution in [0.2, 0.25) is 0 Å². The highest BCUT2D eigenvalue weighted by Crippen LogP contribution is 2.25. The molecule has 17 heavy (non-hydrogen) atoms. The van der Waals surface area contributed by atoms with Crippen molar-refractivity contribution in [2.45, 2.75) is 99.8 Å². The first-order valence-corrected chi connectivity index (χ1v) is 7.87. The molecule has 0 aliphatic rings. The van der Waals surface area contributed by atoms with Gasteiger partial charge in [-0.05, 0) is 17.8 Å². The minimum atomic E-state index is 0.523. The Morgan fingerprint density at radius 3 is 1.35 bits per heavy atom. The van der Waals surface area contributed by atoms with Crippen LogP contribution in [0.4, 0.5) is 0 Å². The summed E-state index contributed by atoms with van der Waals surface area (Å²) < 4.78 is 0. The second kappa shape index (κ2) is 12.5. The summed E-state index contributed by atoms with van der Waals surface area (Å²) in [5.74, 6) is 0.894. The highest BCUT2D eigenvalue weighted by atomic mass is 14.2. The molecule has 0 aromatic heterocycles. The second-order valence-corrected chi connectivity index (χ2v) is 6.69. The van der Waals surface area contributed by atoms with Crippen molar-refractivity contribution in [1.29, 1.82) is 0 Å². The van der Waals surface area contributed by atoms with Gasteiger partial charge in [0, 0.05) is 0 Å². The summed E-state index contributed by atoms with van der Waals surface area (Å²) in [6, 6.07) is 0. The Hall–Kier alpha value is 0. The molecule has 0 bridgehead atoms. The summed E-state index contributed by atoms with van der Waals surface area (Å²) in [7, 11) is 0. The van der Waals surface area contributed by atoms with Crippen LogP contribution in [0.5, 0.6) is 0 Å². The van der Waals surface area contributed by atoms with E-state index >= 15 is 0 Å². The van der Waals surface area contributed by atoms with E-state index in [4.69, 9.17) is 0 Å². The van der Waals surface area contributed by atoms with Crippen LogP contribution in [0.15, 0.2) is 0 Å². The van der Waals surface area contributed by atoms with Crippen LogP contribution in [-0.4, -0.2) is 0 Å². The van der Waals surface area contributed by atoms with Gasteiger partial charge in [-0.25, -0.2) is 0 Å². The van der Waals surface area contributed by atoms with Gasteiger partial charge in [0.25, 0.3) is 0 Å². The normalized spacial score (nSPS) is 12.9. The monoisotopic (exact) mass is 242 g/mol. The lowest BCUT2D eigenvalue weighted by atomic mass is 9.84. The molecule has 0 spiro atoms. The molecule has 0 aliphatic carbocycles. The Morgan fingerprint density at radius 1 is 0.765 bits per heavy atom. The Bertz CT molecular complexity index is 123. The highest BCUT2D eigenvalue weighted by Gasteiger charge is 2.13. The van der Waals surface area contributed by atoms with E-state index < -0.39 is 0 Å². The summed E-state index contributed by atoms with van der Waals surface area (Å²) in [5.41, 5.74) is 0.523. The van der Waals surface area contributed by atoms with Crippen molar-refractivity contribution in [3.63, 3.8) is 0 Å². The van der Waals surface area contributed by atoms with Crippen LogP contribution >= 0.6 is 0 Å². The van der Waals surface area contributed by atoms with Gasteiger partial charge in [-0.3, -0.25) is 0 Å². The summed E-state index contributed by atoms with van der Waals surface area (Å²) in [5, 5.41) is 0. The zero-order valence-electron chi connectivity index (χ0n) is 13.7. The zero-order valence-corrected chi connectivity index (χ0v) is 13.7. The standard InChI is InChI=1S/C9H20.C8H18/c1-6-8(2)7-9(3,4)5;1-3-5-7-8-6-4-2/h8H,6-7H2,1-5H3;3-8H2,1-2H3. The van der Waals surface area contributed by atoms with E-state index in [0.717, 1.165) is 5.92 Å². The average molecular weight is 242 g/mol. The molecule has 1 unspecified atom stereocenters. The van der Waals surface area contributed by atoms with Gasteiger partial charge in [0.05, 0.1) is 0 Å². The lowest BCUT2D eigenvalue weighted by Crippen LogP contribution is -2.09. The maximum absolute atomic E-state index is 2.32. The van der Waals surface area contributed by atoms with Crippen molar-refractivity contribution in [1.82, 2.24) is 0 Å². The molecular weight excluding hydrogens is 204 g/mol. The van der Waals surface area contributed by atoms with Gasteiger partial charge < -0.3 is 0 Å². The molecule has 0 heteroatoms. The quantitative estimate of drug-likeness (QED) is 0.429. The fourth-order valence-corrected chi connectivity index (χ4v) is 2.04. The van der Waals surface area contributed by atoms with E-state index in [2.05, 4.69) is 48.5 Å². The molecule has 106 valence electrons. The summed E-state index contributed by atoms with van der Waals surface area (Å²) in [4.78, 5) is 0. The molecule has 0 heterocycles. The van der Waals surface area contributed by atoms with Crippen LogP contribution in [0.1, 0.15) is 99.8 Å². The molecule has 0 aliphatic heterocycles. The Morgan fingerprint density at radius 2 is 1.18 bits per heavy atom.